The summed E-state index contributed by atoms with van der Waals surface area (Å²) in [7, 11) is 0. The van der Waals surface area contributed by atoms with Crippen LogP contribution in [0.15, 0.2) is 36.4 Å². The average Bonchev–Trinajstić information content (AvgIpc) is 3.29. The molecule has 1 saturated heterocycles. The Bertz CT molecular complexity index is 1120. The van der Waals surface area contributed by atoms with E-state index in [-0.39, 0.29) is 5.91 Å². The second-order valence-electron chi connectivity index (χ2n) is 8.63. The van der Waals surface area contributed by atoms with E-state index in [2.05, 4.69) is 17.0 Å². The number of thiazole rings is 1. The molecular formula is C26H31N3O3S. The minimum atomic E-state index is 0.0219. The van der Waals surface area contributed by atoms with Crippen LogP contribution >= 0.6 is 11.3 Å². The number of benzene rings is 2. The number of carbonyl (C=O) groups excluding carboxylic acids is 1. The molecule has 2 heterocycles. The monoisotopic (exact) mass is 465 g/mol. The molecule has 0 N–H and O–H groups in total. The van der Waals surface area contributed by atoms with Crippen LogP contribution in [0, 0.1) is 0 Å². The number of para-hydroxylation sites is 1. The van der Waals surface area contributed by atoms with Gasteiger partial charge in [-0.2, -0.15) is 0 Å². The minimum Gasteiger partial charge on any atom is -0.492 e. The molecule has 0 radical (unpaired) electrons. The van der Waals surface area contributed by atoms with Gasteiger partial charge in [-0.05, 0) is 68.0 Å². The van der Waals surface area contributed by atoms with Gasteiger partial charge in [0.1, 0.15) is 11.3 Å². The van der Waals surface area contributed by atoms with Gasteiger partial charge < -0.3 is 9.47 Å². The van der Waals surface area contributed by atoms with Crippen LogP contribution < -0.4 is 9.64 Å². The Morgan fingerprint density at radius 2 is 1.97 bits per heavy atom. The molecule has 1 aromatic heterocycles. The maximum absolute atomic E-state index is 13.8. The maximum Gasteiger partial charge on any atom is 0.260 e. The van der Waals surface area contributed by atoms with Crippen molar-refractivity contribution in [3.63, 3.8) is 0 Å². The molecule has 6 nitrogen and oxygen atoms in total. The Morgan fingerprint density at radius 3 is 2.79 bits per heavy atom. The van der Waals surface area contributed by atoms with Crippen molar-refractivity contribution in [1.29, 1.82) is 0 Å². The van der Waals surface area contributed by atoms with E-state index in [1.54, 1.807) is 11.3 Å². The number of carbonyl (C=O) groups is 1. The van der Waals surface area contributed by atoms with Gasteiger partial charge >= 0.3 is 0 Å². The lowest BCUT2D eigenvalue weighted by atomic mass is 9.90. The molecule has 2 aromatic carbocycles. The van der Waals surface area contributed by atoms with Crippen LogP contribution in [-0.4, -0.2) is 61.8 Å². The van der Waals surface area contributed by atoms with Crippen molar-refractivity contribution >= 4 is 32.6 Å². The smallest absolute Gasteiger partial charge is 0.260 e. The molecule has 7 heteroatoms. The maximum atomic E-state index is 13.8. The van der Waals surface area contributed by atoms with Gasteiger partial charge in [-0.1, -0.05) is 23.5 Å². The zero-order chi connectivity index (χ0) is 22.6. The first kappa shape index (κ1) is 22.3. The highest BCUT2D eigenvalue weighted by Gasteiger charge is 2.24. The number of hydrogen-bond acceptors (Lipinski definition) is 6. The molecule has 1 aliphatic heterocycles. The first-order valence-electron chi connectivity index (χ1n) is 12.0. The second kappa shape index (κ2) is 10.2. The summed E-state index contributed by atoms with van der Waals surface area (Å²) in [5.74, 6) is 0.792. The second-order valence-corrected chi connectivity index (χ2v) is 9.64. The summed E-state index contributed by atoms with van der Waals surface area (Å²) >= 11 is 1.55. The minimum absolute atomic E-state index is 0.0219. The van der Waals surface area contributed by atoms with E-state index in [9.17, 15) is 4.79 Å². The van der Waals surface area contributed by atoms with E-state index >= 15 is 0 Å². The number of hydrogen-bond donors (Lipinski definition) is 0. The lowest BCUT2D eigenvalue weighted by Gasteiger charge is -2.29. The fourth-order valence-electron chi connectivity index (χ4n) is 4.67. The van der Waals surface area contributed by atoms with Gasteiger partial charge in [0, 0.05) is 31.7 Å². The summed E-state index contributed by atoms with van der Waals surface area (Å²) in [6.07, 6.45) is 4.61. The molecule has 33 heavy (non-hydrogen) atoms. The van der Waals surface area contributed by atoms with Gasteiger partial charge in [0.15, 0.2) is 5.13 Å². The van der Waals surface area contributed by atoms with Crippen molar-refractivity contribution in [3.05, 3.63) is 53.1 Å². The number of ether oxygens (including phenoxy) is 2. The molecule has 0 spiro atoms. The fourth-order valence-corrected chi connectivity index (χ4v) is 5.68. The van der Waals surface area contributed by atoms with E-state index < -0.39 is 0 Å². The molecule has 1 fully saturated rings. The standard InChI is InChI=1S/C26H31N3O3S/c1-2-32-22-8-5-9-23-24(22)27-26(33-23)29(13-12-28-14-16-31-17-15-28)25(30)21-11-10-19-6-3-4-7-20(19)18-21/h5,8-11,18H,2-4,6-7,12-17H2,1H3. The zero-order valence-electron chi connectivity index (χ0n) is 19.2. The van der Waals surface area contributed by atoms with Crippen molar-refractivity contribution < 1.29 is 14.3 Å². The van der Waals surface area contributed by atoms with Crippen molar-refractivity contribution in [3.8, 4) is 5.75 Å². The van der Waals surface area contributed by atoms with Gasteiger partial charge in [-0.3, -0.25) is 14.6 Å². The molecule has 0 bridgehead atoms. The van der Waals surface area contributed by atoms with E-state index in [0.717, 1.165) is 72.4 Å². The van der Waals surface area contributed by atoms with Crippen LogP contribution in [0.5, 0.6) is 5.75 Å². The van der Waals surface area contributed by atoms with E-state index in [1.807, 2.05) is 36.1 Å². The summed E-state index contributed by atoms with van der Waals surface area (Å²) < 4.78 is 12.3. The number of amides is 1. The van der Waals surface area contributed by atoms with Crippen molar-refractivity contribution in [2.24, 2.45) is 0 Å². The number of nitrogens with zero attached hydrogens (tertiary/aromatic N) is 3. The van der Waals surface area contributed by atoms with Gasteiger partial charge in [-0.25, -0.2) is 4.98 Å². The molecule has 2 aliphatic rings. The van der Waals surface area contributed by atoms with Crippen LogP contribution in [0.25, 0.3) is 10.2 Å². The Morgan fingerprint density at radius 1 is 1.15 bits per heavy atom. The molecule has 174 valence electrons. The predicted molar refractivity (Wildman–Crippen MR) is 133 cm³/mol. The van der Waals surface area contributed by atoms with Crippen LogP contribution in [-0.2, 0) is 17.6 Å². The summed E-state index contributed by atoms with van der Waals surface area (Å²) in [5, 5.41) is 0.730. The summed E-state index contributed by atoms with van der Waals surface area (Å²) in [4.78, 5) is 22.9. The SMILES string of the molecule is CCOc1cccc2sc(N(CCN3CCOCC3)C(=O)c3ccc4c(c3)CCCC4)nc12. The summed E-state index contributed by atoms with van der Waals surface area (Å²) in [6.45, 7) is 7.24. The van der Waals surface area contributed by atoms with Crippen LogP contribution in [0.2, 0.25) is 0 Å². The first-order chi connectivity index (χ1) is 16.2. The normalized spacial score (nSPS) is 16.5. The Balaban J connectivity index is 1.47. The lowest BCUT2D eigenvalue weighted by Crippen LogP contribution is -2.43. The van der Waals surface area contributed by atoms with Crippen LogP contribution in [0.4, 0.5) is 5.13 Å². The quantitative estimate of drug-likeness (QED) is 0.512. The highest BCUT2D eigenvalue weighted by Crippen LogP contribution is 2.35. The topological polar surface area (TPSA) is 54.9 Å². The highest BCUT2D eigenvalue weighted by molar-refractivity contribution is 7.22. The fraction of sp³-hybridized carbons (Fsp3) is 0.462. The van der Waals surface area contributed by atoms with Crippen LogP contribution in [0.1, 0.15) is 41.3 Å². The van der Waals surface area contributed by atoms with Gasteiger partial charge in [0.25, 0.3) is 5.91 Å². The molecule has 1 aliphatic carbocycles. The van der Waals surface area contributed by atoms with Gasteiger partial charge in [0.2, 0.25) is 0 Å². The number of rotatable bonds is 7. The van der Waals surface area contributed by atoms with Crippen molar-refractivity contribution in [1.82, 2.24) is 9.88 Å². The van der Waals surface area contributed by atoms with Crippen molar-refractivity contribution in [2.45, 2.75) is 32.6 Å². The first-order valence-corrected chi connectivity index (χ1v) is 12.8. The molecule has 5 rings (SSSR count). The molecular weight excluding hydrogens is 434 g/mol. The number of fused-ring (bicyclic) bond motifs is 2. The average molecular weight is 466 g/mol. The molecule has 3 aromatic rings. The Kier molecular flexibility index (Phi) is 6.90. The number of morpholine rings is 1. The number of aryl methyl sites for hydroxylation is 2. The van der Waals surface area contributed by atoms with E-state index in [0.29, 0.717) is 13.2 Å². The Hall–Kier alpha value is -2.48. The summed E-state index contributed by atoms with van der Waals surface area (Å²) in [5.41, 5.74) is 4.29. The largest absolute Gasteiger partial charge is 0.492 e. The number of aromatic nitrogens is 1. The molecule has 0 saturated carbocycles. The summed E-state index contributed by atoms with van der Waals surface area (Å²) in [6, 6.07) is 12.2. The molecule has 0 atom stereocenters. The Labute approximate surface area is 199 Å². The van der Waals surface area contributed by atoms with E-state index in [1.165, 1.54) is 24.0 Å². The van der Waals surface area contributed by atoms with Gasteiger partial charge in [0.05, 0.1) is 24.5 Å². The van der Waals surface area contributed by atoms with E-state index in [4.69, 9.17) is 14.5 Å². The highest BCUT2D eigenvalue weighted by atomic mass is 32.1. The third kappa shape index (κ3) is 4.90. The lowest BCUT2D eigenvalue weighted by molar-refractivity contribution is 0.0391. The zero-order valence-corrected chi connectivity index (χ0v) is 20.0. The number of anilines is 1. The van der Waals surface area contributed by atoms with Crippen molar-refractivity contribution in [2.75, 3.05) is 50.9 Å². The third-order valence-electron chi connectivity index (χ3n) is 6.49. The molecule has 1 amide bonds. The molecule has 0 unspecified atom stereocenters. The van der Waals surface area contributed by atoms with Gasteiger partial charge in [-0.15, -0.1) is 0 Å². The van der Waals surface area contributed by atoms with Crippen LogP contribution in [0.3, 0.4) is 0 Å². The predicted octanol–water partition coefficient (Wildman–Crippen LogP) is 4.55. The third-order valence-corrected chi connectivity index (χ3v) is 7.53.